The van der Waals surface area contributed by atoms with Crippen LogP contribution in [-0.2, 0) is 11.2 Å². The summed E-state index contributed by atoms with van der Waals surface area (Å²) < 4.78 is 0. The minimum Gasteiger partial charge on any atom is -0.481 e. The Morgan fingerprint density at radius 1 is 1.35 bits per heavy atom. The predicted octanol–water partition coefficient (Wildman–Crippen LogP) is 2.55. The molecular weight excluding hydrogens is 214 g/mol. The molecule has 0 radical (unpaired) electrons. The molecule has 1 aromatic carbocycles. The Morgan fingerprint density at radius 3 is 2.35 bits per heavy atom. The van der Waals surface area contributed by atoms with Gasteiger partial charge >= 0.3 is 5.97 Å². The average molecular weight is 233 g/mol. The lowest BCUT2D eigenvalue weighted by Crippen LogP contribution is -2.31. The quantitative estimate of drug-likeness (QED) is 0.849. The van der Waals surface area contributed by atoms with Gasteiger partial charge in [-0.1, -0.05) is 19.1 Å². The molecule has 17 heavy (non-hydrogen) atoms. The molecule has 0 aliphatic heterocycles. The Labute approximate surface area is 102 Å². The van der Waals surface area contributed by atoms with Crippen LogP contribution in [0.4, 0.5) is 5.69 Å². The Kier molecular flexibility index (Phi) is 3.09. The number of aryl methyl sites for hydroxylation is 1. The van der Waals surface area contributed by atoms with Crippen molar-refractivity contribution in [1.82, 2.24) is 0 Å². The third-order valence-corrected chi connectivity index (χ3v) is 3.63. The third-order valence-electron chi connectivity index (χ3n) is 3.63. The number of carboxylic acids is 1. The summed E-state index contributed by atoms with van der Waals surface area (Å²) in [6.45, 7) is 2.73. The number of benzene rings is 1. The van der Waals surface area contributed by atoms with Gasteiger partial charge in [0, 0.05) is 19.3 Å². The van der Waals surface area contributed by atoms with Crippen molar-refractivity contribution in [3.05, 3.63) is 29.8 Å². The van der Waals surface area contributed by atoms with E-state index in [1.807, 2.05) is 11.9 Å². The van der Waals surface area contributed by atoms with Gasteiger partial charge in [0.25, 0.3) is 0 Å². The van der Waals surface area contributed by atoms with Crippen molar-refractivity contribution in [3.63, 3.8) is 0 Å². The second kappa shape index (κ2) is 4.40. The van der Waals surface area contributed by atoms with Crippen LogP contribution in [0.25, 0.3) is 0 Å². The molecule has 0 heterocycles. The molecule has 92 valence electrons. The molecule has 1 aromatic rings. The molecule has 0 bridgehead atoms. The number of carboxylic acid groups (broad SMARTS) is 1. The van der Waals surface area contributed by atoms with Crippen LogP contribution in [-0.4, -0.2) is 24.7 Å². The molecule has 0 spiro atoms. The average Bonchev–Trinajstić information content (AvgIpc) is 3.10. The first-order valence-corrected chi connectivity index (χ1v) is 6.11. The molecule has 0 atom stereocenters. The third kappa shape index (κ3) is 2.43. The van der Waals surface area contributed by atoms with E-state index in [9.17, 15) is 4.79 Å². The van der Waals surface area contributed by atoms with Gasteiger partial charge in [-0.15, -0.1) is 0 Å². The maximum atomic E-state index is 11.1. The lowest BCUT2D eigenvalue weighted by molar-refractivity contribution is -0.142. The number of hydrogen-bond donors (Lipinski definition) is 1. The van der Waals surface area contributed by atoms with Crippen molar-refractivity contribution in [1.29, 1.82) is 0 Å². The van der Waals surface area contributed by atoms with Crippen molar-refractivity contribution in [2.45, 2.75) is 26.2 Å². The number of rotatable bonds is 5. The highest BCUT2D eigenvalue weighted by Gasteiger charge is 2.50. The first-order chi connectivity index (χ1) is 8.07. The van der Waals surface area contributed by atoms with Crippen LogP contribution in [0, 0.1) is 5.41 Å². The van der Waals surface area contributed by atoms with Gasteiger partial charge in [0.15, 0.2) is 0 Å². The second-order valence-electron chi connectivity index (χ2n) is 4.96. The largest absolute Gasteiger partial charge is 0.481 e. The van der Waals surface area contributed by atoms with E-state index in [-0.39, 0.29) is 0 Å². The summed E-state index contributed by atoms with van der Waals surface area (Å²) in [5.74, 6) is -0.658. The zero-order valence-corrected chi connectivity index (χ0v) is 10.4. The van der Waals surface area contributed by atoms with E-state index in [0.29, 0.717) is 6.54 Å². The minimum absolute atomic E-state index is 0.488. The zero-order chi connectivity index (χ0) is 12.5. The molecular formula is C14H19NO2. The number of anilines is 1. The van der Waals surface area contributed by atoms with E-state index in [0.717, 1.165) is 24.9 Å². The van der Waals surface area contributed by atoms with Crippen molar-refractivity contribution < 1.29 is 9.90 Å². The van der Waals surface area contributed by atoms with Crippen LogP contribution in [0.1, 0.15) is 25.3 Å². The Bertz CT molecular complexity index is 407. The molecule has 0 unspecified atom stereocenters. The summed E-state index contributed by atoms with van der Waals surface area (Å²) in [5, 5.41) is 9.16. The van der Waals surface area contributed by atoms with Crippen LogP contribution in [0.3, 0.4) is 0 Å². The van der Waals surface area contributed by atoms with Gasteiger partial charge in [0.05, 0.1) is 5.41 Å². The topological polar surface area (TPSA) is 40.5 Å². The fourth-order valence-electron chi connectivity index (χ4n) is 2.12. The monoisotopic (exact) mass is 233 g/mol. The summed E-state index contributed by atoms with van der Waals surface area (Å²) in [6.07, 6.45) is 2.64. The van der Waals surface area contributed by atoms with E-state index in [4.69, 9.17) is 5.11 Å². The van der Waals surface area contributed by atoms with Gasteiger partial charge in [-0.3, -0.25) is 4.79 Å². The van der Waals surface area contributed by atoms with Gasteiger partial charge in [-0.05, 0) is 37.0 Å². The molecule has 2 rings (SSSR count). The molecule has 3 heteroatoms. The van der Waals surface area contributed by atoms with Crippen LogP contribution in [0.2, 0.25) is 0 Å². The highest BCUT2D eigenvalue weighted by atomic mass is 16.4. The highest BCUT2D eigenvalue weighted by molar-refractivity contribution is 5.78. The lowest BCUT2D eigenvalue weighted by Gasteiger charge is -2.23. The van der Waals surface area contributed by atoms with E-state index in [1.54, 1.807) is 0 Å². The van der Waals surface area contributed by atoms with Crippen molar-refractivity contribution >= 4 is 11.7 Å². The summed E-state index contributed by atoms with van der Waals surface area (Å²) in [7, 11) is 1.96. The summed E-state index contributed by atoms with van der Waals surface area (Å²) in [5.41, 5.74) is 1.91. The zero-order valence-electron chi connectivity index (χ0n) is 10.4. The van der Waals surface area contributed by atoms with Crippen LogP contribution in [0.15, 0.2) is 24.3 Å². The molecule has 1 saturated carbocycles. The molecule has 0 aromatic heterocycles. The molecule has 0 saturated heterocycles. The van der Waals surface area contributed by atoms with Gasteiger partial charge in [-0.25, -0.2) is 0 Å². The fourth-order valence-corrected chi connectivity index (χ4v) is 2.12. The molecule has 1 fully saturated rings. The number of aliphatic carboxylic acids is 1. The number of hydrogen-bond acceptors (Lipinski definition) is 2. The van der Waals surface area contributed by atoms with Gasteiger partial charge in [0.2, 0.25) is 0 Å². The molecule has 1 aliphatic carbocycles. The van der Waals surface area contributed by atoms with E-state index < -0.39 is 11.4 Å². The predicted molar refractivity (Wildman–Crippen MR) is 68.4 cm³/mol. The van der Waals surface area contributed by atoms with Crippen molar-refractivity contribution in [3.8, 4) is 0 Å². The standard InChI is InChI=1S/C14H19NO2/c1-3-11-4-6-12(7-5-11)15(2)10-14(8-9-14)13(16)17/h4-7H,3,8-10H2,1-2H3,(H,16,17). The normalized spacial score (nSPS) is 16.6. The van der Waals surface area contributed by atoms with E-state index >= 15 is 0 Å². The van der Waals surface area contributed by atoms with Crippen LogP contribution >= 0.6 is 0 Å². The Hall–Kier alpha value is -1.51. The van der Waals surface area contributed by atoms with Gasteiger partial charge < -0.3 is 10.0 Å². The SMILES string of the molecule is CCc1ccc(N(C)CC2(C(=O)O)CC2)cc1. The lowest BCUT2D eigenvalue weighted by atomic mass is 10.1. The van der Waals surface area contributed by atoms with Crippen LogP contribution < -0.4 is 4.90 Å². The molecule has 1 N–H and O–H groups in total. The Balaban J connectivity index is 2.04. The van der Waals surface area contributed by atoms with Crippen molar-refractivity contribution in [2.75, 3.05) is 18.5 Å². The van der Waals surface area contributed by atoms with E-state index in [1.165, 1.54) is 5.56 Å². The van der Waals surface area contributed by atoms with E-state index in [2.05, 4.69) is 31.2 Å². The maximum Gasteiger partial charge on any atom is 0.311 e. The number of carbonyl (C=O) groups is 1. The molecule has 0 amide bonds. The summed E-state index contributed by atoms with van der Waals surface area (Å²) >= 11 is 0. The fraction of sp³-hybridized carbons (Fsp3) is 0.500. The molecule has 3 nitrogen and oxygen atoms in total. The van der Waals surface area contributed by atoms with Gasteiger partial charge in [0.1, 0.15) is 0 Å². The van der Waals surface area contributed by atoms with Crippen molar-refractivity contribution in [2.24, 2.45) is 5.41 Å². The second-order valence-corrected chi connectivity index (χ2v) is 4.96. The highest BCUT2D eigenvalue weighted by Crippen LogP contribution is 2.46. The minimum atomic E-state index is -0.658. The first kappa shape index (κ1) is 12.0. The summed E-state index contributed by atoms with van der Waals surface area (Å²) in [6, 6.07) is 8.34. The first-order valence-electron chi connectivity index (χ1n) is 6.11. The van der Waals surface area contributed by atoms with Gasteiger partial charge in [-0.2, -0.15) is 0 Å². The van der Waals surface area contributed by atoms with Crippen LogP contribution in [0.5, 0.6) is 0 Å². The molecule has 1 aliphatic rings. The number of nitrogens with zero attached hydrogens (tertiary/aromatic N) is 1. The summed E-state index contributed by atoms with van der Waals surface area (Å²) in [4.78, 5) is 13.2. The Morgan fingerprint density at radius 2 is 1.94 bits per heavy atom. The smallest absolute Gasteiger partial charge is 0.311 e. The maximum absolute atomic E-state index is 11.1.